The van der Waals surface area contributed by atoms with Crippen molar-refractivity contribution >= 4 is 5.78 Å². The van der Waals surface area contributed by atoms with Gasteiger partial charge in [0.25, 0.3) is 0 Å². The Labute approximate surface area is 97.9 Å². The van der Waals surface area contributed by atoms with Gasteiger partial charge in [0.2, 0.25) is 0 Å². The second kappa shape index (κ2) is 4.04. The van der Waals surface area contributed by atoms with Gasteiger partial charge < -0.3 is 0 Å². The molecule has 0 N–H and O–H groups in total. The summed E-state index contributed by atoms with van der Waals surface area (Å²) >= 11 is 0. The van der Waals surface area contributed by atoms with Gasteiger partial charge in [0.05, 0.1) is 0 Å². The predicted molar refractivity (Wildman–Crippen MR) is 66.7 cm³/mol. The smallest absolute Gasteiger partial charge is 0.166 e. The van der Waals surface area contributed by atoms with Crippen LogP contribution in [0, 0.1) is 11.3 Å². The number of hydrogen-bond acceptors (Lipinski definition) is 1. The number of benzene rings is 1. The van der Waals surface area contributed by atoms with Crippen LogP contribution in [0.1, 0.15) is 49.5 Å². The van der Waals surface area contributed by atoms with Crippen LogP contribution in [0.2, 0.25) is 0 Å². The van der Waals surface area contributed by atoms with E-state index in [1.807, 2.05) is 18.2 Å². The third-order valence-electron chi connectivity index (χ3n) is 3.36. The summed E-state index contributed by atoms with van der Waals surface area (Å²) in [5.41, 5.74) is 2.53. The highest BCUT2D eigenvalue weighted by molar-refractivity contribution is 6.02. The van der Waals surface area contributed by atoms with E-state index in [1.165, 1.54) is 5.56 Å². The van der Waals surface area contributed by atoms with Crippen LogP contribution >= 0.6 is 0 Å². The van der Waals surface area contributed by atoms with E-state index in [0.717, 1.165) is 24.8 Å². The number of hydrogen-bond donors (Lipinski definition) is 0. The summed E-state index contributed by atoms with van der Waals surface area (Å²) in [6, 6.07) is 8.04. The van der Waals surface area contributed by atoms with Gasteiger partial charge in [-0.3, -0.25) is 4.79 Å². The van der Waals surface area contributed by atoms with E-state index in [2.05, 4.69) is 26.8 Å². The van der Waals surface area contributed by atoms with Gasteiger partial charge in [-0.15, -0.1) is 0 Å². The molecule has 0 radical (unpaired) electrons. The Kier molecular flexibility index (Phi) is 2.88. The standard InChI is InChI=1S/C15H20O/c1-15(2,3)9-8-12-10-11-6-4-5-7-13(11)14(12)16/h4-7,12H,8-10H2,1-3H3. The summed E-state index contributed by atoms with van der Waals surface area (Å²) in [5, 5.41) is 0. The summed E-state index contributed by atoms with van der Waals surface area (Å²) in [6.07, 6.45) is 3.10. The summed E-state index contributed by atoms with van der Waals surface area (Å²) in [5.74, 6) is 0.594. The van der Waals surface area contributed by atoms with Crippen LogP contribution in [0.25, 0.3) is 0 Å². The molecule has 86 valence electrons. The van der Waals surface area contributed by atoms with E-state index in [9.17, 15) is 4.79 Å². The molecule has 1 atom stereocenters. The second-order valence-electron chi connectivity index (χ2n) is 6.02. The van der Waals surface area contributed by atoms with Gasteiger partial charge in [0, 0.05) is 11.5 Å². The van der Waals surface area contributed by atoms with E-state index in [-0.39, 0.29) is 5.92 Å². The van der Waals surface area contributed by atoms with Gasteiger partial charge in [-0.2, -0.15) is 0 Å². The van der Waals surface area contributed by atoms with E-state index in [1.54, 1.807) is 0 Å². The monoisotopic (exact) mass is 216 g/mol. The molecule has 1 unspecified atom stereocenters. The fourth-order valence-corrected chi connectivity index (χ4v) is 2.36. The lowest BCUT2D eigenvalue weighted by molar-refractivity contribution is 0.0922. The first-order chi connectivity index (χ1) is 7.47. The van der Waals surface area contributed by atoms with Crippen molar-refractivity contribution in [3.8, 4) is 0 Å². The molecule has 1 aliphatic carbocycles. The quantitative estimate of drug-likeness (QED) is 0.733. The molecule has 0 heterocycles. The molecule has 0 bridgehead atoms. The van der Waals surface area contributed by atoms with Gasteiger partial charge in [-0.05, 0) is 30.2 Å². The highest BCUT2D eigenvalue weighted by Crippen LogP contribution is 2.32. The van der Waals surface area contributed by atoms with Crippen molar-refractivity contribution in [2.75, 3.05) is 0 Å². The van der Waals surface area contributed by atoms with Crippen molar-refractivity contribution < 1.29 is 4.79 Å². The highest BCUT2D eigenvalue weighted by Gasteiger charge is 2.30. The van der Waals surface area contributed by atoms with Crippen LogP contribution in [0.5, 0.6) is 0 Å². The predicted octanol–water partition coefficient (Wildman–Crippen LogP) is 3.87. The van der Waals surface area contributed by atoms with Crippen LogP contribution in [-0.4, -0.2) is 5.78 Å². The molecule has 0 spiro atoms. The summed E-state index contributed by atoms with van der Waals surface area (Å²) < 4.78 is 0. The SMILES string of the molecule is CC(C)(C)CCC1Cc2ccccc2C1=O. The van der Waals surface area contributed by atoms with Crippen molar-refractivity contribution in [1.82, 2.24) is 0 Å². The summed E-state index contributed by atoms with van der Waals surface area (Å²) in [7, 11) is 0. The molecular weight excluding hydrogens is 196 g/mol. The minimum atomic E-state index is 0.233. The first kappa shape index (κ1) is 11.4. The molecule has 1 aromatic rings. The average Bonchev–Trinajstić information content (AvgIpc) is 2.53. The van der Waals surface area contributed by atoms with Gasteiger partial charge >= 0.3 is 0 Å². The maximum absolute atomic E-state index is 12.1. The first-order valence-electron chi connectivity index (χ1n) is 6.09. The highest BCUT2D eigenvalue weighted by atomic mass is 16.1. The lowest BCUT2D eigenvalue weighted by Gasteiger charge is -2.19. The van der Waals surface area contributed by atoms with Crippen molar-refractivity contribution in [3.05, 3.63) is 35.4 Å². The Morgan fingerprint density at radius 3 is 2.56 bits per heavy atom. The normalized spacial score (nSPS) is 19.9. The van der Waals surface area contributed by atoms with Crippen molar-refractivity contribution in [3.63, 3.8) is 0 Å². The zero-order valence-corrected chi connectivity index (χ0v) is 10.4. The Hall–Kier alpha value is -1.11. The molecule has 2 rings (SSSR count). The lowest BCUT2D eigenvalue weighted by atomic mass is 9.85. The molecule has 0 fully saturated rings. The zero-order chi connectivity index (χ0) is 11.8. The number of rotatable bonds is 2. The summed E-state index contributed by atoms with van der Waals surface area (Å²) in [6.45, 7) is 6.71. The van der Waals surface area contributed by atoms with Crippen LogP contribution in [0.15, 0.2) is 24.3 Å². The Balaban J connectivity index is 2.05. The Bertz CT molecular complexity index is 398. The Morgan fingerprint density at radius 1 is 1.25 bits per heavy atom. The van der Waals surface area contributed by atoms with Crippen LogP contribution in [-0.2, 0) is 6.42 Å². The molecule has 16 heavy (non-hydrogen) atoms. The third kappa shape index (κ3) is 2.34. The van der Waals surface area contributed by atoms with Crippen molar-refractivity contribution in [2.45, 2.75) is 40.0 Å². The van der Waals surface area contributed by atoms with E-state index < -0.39 is 0 Å². The Morgan fingerprint density at radius 2 is 1.94 bits per heavy atom. The maximum Gasteiger partial charge on any atom is 0.166 e. The second-order valence-corrected chi connectivity index (χ2v) is 6.02. The number of carbonyl (C=O) groups is 1. The van der Waals surface area contributed by atoms with Crippen LogP contribution in [0.3, 0.4) is 0 Å². The summed E-state index contributed by atoms with van der Waals surface area (Å²) in [4.78, 5) is 12.1. The fraction of sp³-hybridized carbons (Fsp3) is 0.533. The van der Waals surface area contributed by atoms with E-state index in [4.69, 9.17) is 0 Å². The number of Topliss-reactive ketones (excluding diaryl/α,β-unsaturated/α-hetero) is 1. The average molecular weight is 216 g/mol. The fourth-order valence-electron chi connectivity index (χ4n) is 2.36. The van der Waals surface area contributed by atoms with Crippen molar-refractivity contribution in [1.29, 1.82) is 0 Å². The molecule has 0 amide bonds. The number of carbonyl (C=O) groups excluding carboxylic acids is 1. The van der Waals surface area contributed by atoms with Crippen LogP contribution in [0.4, 0.5) is 0 Å². The molecule has 0 saturated carbocycles. The molecule has 1 heteroatoms. The molecule has 1 aromatic carbocycles. The number of ketones is 1. The molecule has 1 aliphatic rings. The van der Waals surface area contributed by atoms with Gasteiger partial charge in [-0.1, -0.05) is 45.0 Å². The molecule has 0 aliphatic heterocycles. The molecule has 1 nitrogen and oxygen atoms in total. The minimum absolute atomic E-state index is 0.233. The van der Waals surface area contributed by atoms with Gasteiger partial charge in [-0.25, -0.2) is 0 Å². The van der Waals surface area contributed by atoms with Gasteiger partial charge in [0.1, 0.15) is 0 Å². The molecular formula is C15H20O. The number of fused-ring (bicyclic) bond motifs is 1. The van der Waals surface area contributed by atoms with E-state index >= 15 is 0 Å². The topological polar surface area (TPSA) is 17.1 Å². The van der Waals surface area contributed by atoms with E-state index in [0.29, 0.717) is 11.2 Å². The third-order valence-corrected chi connectivity index (χ3v) is 3.36. The largest absolute Gasteiger partial charge is 0.294 e. The molecule has 0 saturated heterocycles. The van der Waals surface area contributed by atoms with Gasteiger partial charge in [0.15, 0.2) is 5.78 Å². The minimum Gasteiger partial charge on any atom is -0.294 e. The first-order valence-corrected chi connectivity index (χ1v) is 6.09. The van der Waals surface area contributed by atoms with Crippen molar-refractivity contribution in [2.24, 2.45) is 11.3 Å². The van der Waals surface area contributed by atoms with Crippen LogP contribution < -0.4 is 0 Å². The lowest BCUT2D eigenvalue weighted by Crippen LogP contribution is -2.13. The molecule has 0 aromatic heterocycles. The zero-order valence-electron chi connectivity index (χ0n) is 10.4. The maximum atomic E-state index is 12.1.